The summed E-state index contributed by atoms with van der Waals surface area (Å²) in [4.78, 5) is 33.1. The molecule has 0 radical (unpaired) electrons. The Morgan fingerprint density at radius 2 is 1.63 bits per heavy atom. The molecular formula is C31H39N5O2. The molecule has 3 aromatic rings. The predicted octanol–water partition coefficient (Wildman–Crippen LogP) is 4.86. The number of urea groups is 1. The Morgan fingerprint density at radius 3 is 2.34 bits per heavy atom. The third-order valence-electron chi connectivity index (χ3n) is 8.32. The third-order valence-corrected chi connectivity index (χ3v) is 8.32. The molecular weight excluding hydrogens is 474 g/mol. The smallest absolute Gasteiger partial charge is 0.320 e. The molecule has 1 aliphatic carbocycles. The average Bonchev–Trinajstić information content (AvgIpc) is 3.42. The molecule has 6 rings (SSSR count). The molecule has 2 aromatic carbocycles. The fourth-order valence-electron chi connectivity index (χ4n) is 6.22. The molecule has 3 heterocycles. The highest BCUT2D eigenvalue weighted by Crippen LogP contribution is 2.45. The highest BCUT2D eigenvalue weighted by atomic mass is 16.2. The van der Waals surface area contributed by atoms with Gasteiger partial charge in [0.15, 0.2) is 0 Å². The summed E-state index contributed by atoms with van der Waals surface area (Å²) in [5.74, 6) is 0. The van der Waals surface area contributed by atoms with Gasteiger partial charge in [-0.3, -0.25) is 4.79 Å². The van der Waals surface area contributed by atoms with Crippen LogP contribution in [0.25, 0.3) is 11.3 Å². The zero-order valence-electron chi connectivity index (χ0n) is 22.4. The van der Waals surface area contributed by atoms with E-state index in [0.29, 0.717) is 11.1 Å². The van der Waals surface area contributed by atoms with Crippen LogP contribution in [-0.4, -0.2) is 58.1 Å². The van der Waals surface area contributed by atoms with E-state index < -0.39 is 0 Å². The van der Waals surface area contributed by atoms with Crippen molar-refractivity contribution < 1.29 is 4.79 Å². The van der Waals surface area contributed by atoms with Gasteiger partial charge in [-0.2, -0.15) is 0 Å². The molecule has 200 valence electrons. The molecule has 1 saturated carbocycles. The number of hydrogen-bond acceptors (Lipinski definition) is 4. The minimum Gasteiger partial charge on any atom is -0.324 e. The van der Waals surface area contributed by atoms with Gasteiger partial charge in [-0.25, -0.2) is 9.78 Å². The number of nitrogens with zero attached hydrogens (tertiary/aromatic N) is 4. The fraction of sp³-hybridized carbons (Fsp3) is 0.452. The lowest BCUT2D eigenvalue weighted by atomic mass is 9.78. The monoisotopic (exact) mass is 513 g/mol. The summed E-state index contributed by atoms with van der Waals surface area (Å²) < 4.78 is 1.45. The van der Waals surface area contributed by atoms with E-state index in [1.807, 2.05) is 36.4 Å². The summed E-state index contributed by atoms with van der Waals surface area (Å²) in [5, 5.41) is 3.46. The predicted molar refractivity (Wildman–Crippen MR) is 151 cm³/mol. The first-order valence-electron chi connectivity index (χ1n) is 13.9. The molecule has 38 heavy (non-hydrogen) atoms. The number of rotatable bonds is 2. The molecule has 1 atom stereocenters. The summed E-state index contributed by atoms with van der Waals surface area (Å²) in [6.45, 7) is 4.48. The lowest BCUT2D eigenvalue weighted by Crippen LogP contribution is -2.56. The van der Waals surface area contributed by atoms with Gasteiger partial charge in [0, 0.05) is 51.4 Å². The normalized spacial score (nSPS) is 20.6. The summed E-state index contributed by atoms with van der Waals surface area (Å²) in [5.41, 5.74) is 3.31. The van der Waals surface area contributed by atoms with Crippen molar-refractivity contribution in [3.63, 3.8) is 0 Å². The van der Waals surface area contributed by atoms with Crippen LogP contribution in [0.2, 0.25) is 0 Å². The Balaban J connectivity index is 0.000000179. The van der Waals surface area contributed by atoms with E-state index >= 15 is 0 Å². The van der Waals surface area contributed by atoms with Crippen molar-refractivity contribution in [1.29, 1.82) is 0 Å². The average molecular weight is 514 g/mol. The van der Waals surface area contributed by atoms with Gasteiger partial charge in [-0.15, -0.1) is 0 Å². The second-order valence-electron chi connectivity index (χ2n) is 10.9. The first-order valence-corrected chi connectivity index (χ1v) is 13.9. The molecule has 7 heteroatoms. The number of aromatic nitrogens is 2. The van der Waals surface area contributed by atoms with Crippen LogP contribution in [0.15, 0.2) is 77.9 Å². The van der Waals surface area contributed by atoms with Gasteiger partial charge in [0.1, 0.15) is 0 Å². The van der Waals surface area contributed by atoms with Crippen molar-refractivity contribution in [2.75, 3.05) is 32.7 Å². The van der Waals surface area contributed by atoms with Crippen LogP contribution in [0.3, 0.4) is 0 Å². The van der Waals surface area contributed by atoms with Crippen LogP contribution < -0.4 is 10.9 Å². The Morgan fingerprint density at radius 1 is 0.947 bits per heavy atom. The van der Waals surface area contributed by atoms with Crippen molar-refractivity contribution in [1.82, 2.24) is 24.7 Å². The van der Waals surface area contributed by atoms with Crippen molar-refractivity contribution in [2.45, 2.75) is 44.6 Å². The Bertz CT molecular complexity index is 1250. The summed E-state index contributed by atoms with van der Waals surface area (Å²) in [6.07, 6.45) is 9.37. The molecule has 2 aliphatic heterocycles. The van der Waals surface area contributed by atoms with E-state index in [4.69, 9.17) is 0 Å². The molecule has 0 bridgehead atoms. The summed E-state index contributed by atoms with van der Waals surface area (Å²) >= 11 is 0. The van der Waals surface area contributed by atoms with E-state index in [-0.39, 0.29) is 17.6 Å². The summed E-state index contributed by atoms with van der Waals surface area (Å²) in [7, 11) is 1.68. The highest BCUT2D eigenvalue weighted by Gasteiger charge is 2.41. The standard InChI is InChI=1S/C20H29N3O.C11H10N2O/c24-19(22-13-6-11-20(16-22)9-4-5-10-20)23-14-12-21-15-18(23)17-7-2-1-3-8-17;1-13-8-12-10(7-11(13)14)9-5-3-2-4-6-9/h1-3,7-8,18,21H,4-6,9-16H2;2-8H,1H3. The molecule has 2 saturated heterocycles. The zero-order chi connectivity index (χ0) is 26.4. The van der Waals surface area contributed by atoms with Crippen LogP contribution in [0.4, 0.5) is 4.79 Å². The minimum atomic E-state index is -0.0427. The topological polar surface area (TPSA) is 70.5 Å². The van der Waals surface area contributed by atoms with Crippen molar-refractivity contribution >= 4 is 6.03 Å². The Kier molecular flexibility index (Phi) is 8.23. The van der Waals surface area contributed by atoms with Gasteiger partial charge in [-0.05, 0) is 36.7 Å². The third kappa shape index (κ3) is 5.99. The molecule has 2 amide bonds. The van der Waals surface area contributed by atoms with Crippen molar-refractivity contribution in [3.05, 3.63) is 89.0 Å². The molecule has 1 aromatic heterocycles. The van der Waals surface area contributed by atoms with Gasteiger partial charge in [-0.1, -0.05) is 73.5 Å². The number of hydrogen-bond donors (Lipinski definition) is 1. The number of aryl methyl sites for hydroxylation is 1. The second-order valence-corrected chi connectivity index (χ2v) is 10.9. The van der Waals surface area contributed by atoms with Crippen LogP contribution in [0, 0.1) is 5.41 Å². The Hall–Kier alpha value is -3.45. The van der Waals surface area contributed by atoms with Crippen LogP contribution >= 0.6 is 0 Å². The van der Waals surface area contributed by atoms with Crippen molar-refractivity contribution in [2.24, 2.45) is 12.5 Å². The SMILES string of the molecule is Cn1cnc(-c2ccccc2)cc1=O.O=C(N1CCCC2(CCCC2)C1)N1CCNCC1c1ccccc1. The number of carbonyl (C=O) groups excluding carboxylic acids is 1. The van der Waals surface area contributed by atoms with Crippen LogP contribution in [-0.2, 0) is 7.05 Å². The van der Waals surface area contributed by atoms with E-state index in [1.165, 1.54) is 61.0 Å². The summed E-state index contributed by atoms with van der Waals surface area (Å²) in [6, 6.07) is 22.1. The zero-order valence-corrected chi connectivity index (χ0v) is 22.4. The van der Waals surface area contributed by atoms with Gasteiger partial charge in [0.2, 0.25) is 0 Å². The first-order chi connectivity index (χ1) is 18.5. The first kappa shape index (κ1) is 26.2. The van der Waals surface area contributed by atoms with E-state index in [1.54, 1.807) is 7.05 Å². The molecule has 3 fully saturated rings. The lowest BCUT2D eigenvalue weighted by molar-refractivity contribution is 0.0725. The molecule has 1 N–H and O–H groups in total. The number of nitrogens with one attached hydrogen (secondary N) is 1. The highest BCUT2D eigenvalue weighted by molar-refractivity contribution is 5.75. The maximum atomic E-state index is 13.3. The van der Waals surface area contributed by atoms with Gasteiger partial charge in [0.25, 0.3) is 5.56 Å². The number of piperidine rings is 1. The Labute approximate surface area is 225 Å². The number of piperazine rings is 1. The molecule has 7 nitrogen and oxygen atoms in total. The van der Waals surface area contributed by atoms with E-state index in [0.717, 1.165) is 38.3 Å². The second kappa shape index (κ2) is 11.9. The van der Waals surface area contributed by atoms with Gasteiger partial charge >= 0.3 is 6.03 Å². The van der Waals surface area contributed by atoms with Gasteiger partial charge in [0.05, 0.1) is 18.1 Å². The fourth-order valence-corrected chi connectivity index (χ4v) is 6.22. The van der Waals surface area contributed by atoms with Crippen LogP contribution in [0.1, 0.15) is 50.1 Å². The van der Waals surface area contributed by atoms with Gasteiger partial charge < -0.3 is 19.7 Å². The largest absolute Gasteiger partial charge is 0.324 e. The number of benzene rings is 2. The number of amides is 2. The minimum absolute atomic E-state index is 0.0427. The molecule has 1 unspecified atom stereocenters. The quantitative estimate of drug-likeness (QED) is 0.532. The van der Waals surface area contributed by atoms with Crippen LogP contribution in [0.5, 0.6) is 0 Å². The molecule has 1 spiro atoms. The maximum Gasteiger partial charge on any atom is 0.320 e. The van der Waals surface area contributed by atoms with Crippen molar-refractivity contribution in [3.8, 4) is 11.3 Å². The molecule has 3 aliphatic rings. The maximum absolute atomic E-state index is 13.3. The lowest BCUT2D eigenvalue weighted by Gasteiger charge is -2.45. The number of likely N-dealkylation sites (tertiary alicyclic amines) is 1. The van der Waals surface area contributed by atoms with E-state index in [9.17, 15) is 9.59 Å². The van der Waals surface area contributed by atoms with E-state index in [2.05, 4.69) is 44.4 Å². The number of carbonyl (C=O) groups is 1.